The Morgan fingerprint density at radius 1 is 1.48 bits per heavy atom. The topological polar surface area (TPSA) is 31.4 Å². The minimum Gasteiger partial charge on any atom is -0.350 e. The maximum atomic E-state index is 4.86. The van der Waals surface area contributed by atoms with E-state index in [-0.39, 0.29) is 0 Å². The van der Waals surface area contributed by atoms with Gasteiger partial charge in [-0.25, -0.2) is 4.98 Å². The predicted molar refractivity (Wildman–Crippen MR) is 92.4 cm³/mol. The van der Waals surface area contributed by atoms with Gasteiger partial charge in [0.1, 0.15) is 0 Å². The Morgan fingerprint density at radius 2 is 2.24 bits per heavy atom. The van der Waals surface area contributed by atoms with Crippen LogP contribution in [0.25, 0.3) is 0 Å². The second kappa shape index (κ2) is 7.56. The summed E-state index contributed by atoms with van der Waals surface area (Å²) in [7, 11) is 4.42. The number of hydrogen-bond acceptors (Lipinski definition) is 5. The number of hydrogen-bond donors (Lipinski definition) is 1. The van der Waals surface area contributed by atoms with Gasteiger partial charge < -0.3 is 15.1 Å². The number of rotatable bonds is 7. The van der Waals surface area contributed by atoms with Crippen molar-refractivity contribution < 1.29 is 0 Å². The number of nitrogens with one attached hydrogen (secondary N) is 1. The third-order valence-electron chi connectivity index (χ3n) is 4.26. The zero-order valence-corrected chi connectivity index (χ0v) is 15.0. The summed E-state index contributed by atoms with van der Waals surface area (Å²) in [5.41, 5.74) is 1.26. The maximum absolute atomic E-state index is 4.86. The Hall–Kier alpha value is -0.650. The highest BCUT2D eigenvalue weighted by molar-refractivity contribution is 7.15. The summed E-state index contributed by atoms with van der Waals surface area (Å²) in [5.74, 6) is 0. The molecule has 1 atom stereocenters. The average Bonchev–Trinajstić information content (AvgIpc) is 3.03. The van der Waals surface area contributed by atoms with E-state index in [4.69, 9.17) is 4.98 Å². The first-order valence-electron chi connectivity index (χ1n) is 8.14. The molecule has 0 saturated carbocycles. The van der Waals surface area contributed by atoms with Crippen LogP contribution >= 0.6 is 11.3 Å². The van der Waals surface area contributed by atoms with Crippen molar-refractivity contribution in [3.05, 3.63) is 10.6 Å². The van der Waals surface area contributed by atoms with Crippen LogP contribution in [0.1, 0.15) is 44.2 Å². The molecule has 5 heteroatoms. The summed E-state index contributed by atoms with van der Waals surface area (Å²) >= 11 is 1.85. The molecule has 4 nitrogen and oxygen atoms in total. The van der Waals surface area contributed by atoms with Crippen LogP contribution in [-0.4, -0.2) is 49.2 Å². The molecule has 1 aliphatic heterocycles. The van der Waals surface area contributed by atoms with Crippen molar-refractivity contribution >= 4 is 16.5 Å². The molecular formula is C16H30N4S. The molecule has 0 aromatic carbocycles. The lowest BCUT2D eigenvalue weighted by molar-refractivity contribution is 0.314. The van der Waals surface area contributed by atoms with E-state index in [2.05, 4.69) is 50.0 Å². The molecule has 1 N–H and O–H groups in total. The minimum atomic E-state index is 0.519. The highest BCUT2D eigenvalue weighted by atomic mass is 32.1. The van der Waals surface area contributed by atoms with Crippen LogP contribution in [0, 0.1) is 0 Å². The van der Waals surface area contributed by atoms with E-state index >= 15 is 0 Å². The first-order valence-corrected chi connectivity index (χ1v) is 8.96. The molecule has 1 fully saturated rings. The lowest BCUT2D eigenvalue weighted by Crippen LogP contribution is -2.36. The van der Waals surface area contributed by atoms with Crippen LogP contribution in [0.5, 0.6) is 0 Å². The van der Waals surface area contributed by atoms with Gasteiger partial charge in [0.15, 0.2) is 5.13 Å². The summed E-state index contributed by atoms with van der Waals surface area (Å²) in [6.45, 7) is 9.84. The SMILES string of the molecule is CCc1nc(N(C)CC2CCCN2C)sc1CNC(C)C. The fourth-order valence-corrected chi connectivity index (χ4v) is 3.92. The van der Waals surface area contributed by atoms with Crippen molar-refractivity contribution in [2.75, 3.05) is 32.1 Å². The van der Waals surface area contributed by atoms with Crippen LogP contribution in [-0.2, 0) is 13.0 Å². The molecule has 0 bridgehead atoms. The highest BCUT2D eigenvalue weighted by Crippen LogP contribution is 2.27. The average molecular weight is 311 g/mol. The molecule has 2 rings (SSSR count). The molecule has 0 spiro atoms. The van der Waals surface area contributed by atoms with E-state index in [0.29, 0.717) is 12.1 Å². The van der Waals surface area contributed by atoms with E-state index in [1.165, 1.54) is 35.1 Å². The second-order valence-electron chi connectivity index (χ2n) is 6.41. The number of likely N-dealkylation sites (N-methyl/N-ethyl adjacent to an activating group) is 2. The first-order chi connectivity index (χ1) is 10.0. The maximum Gasteiger partial charge on any atom is 0.185 e. The van der Waals surface area contributed by atoms with E-state index in [1.807, 2.05) is 11.3 Å². The molecule has 0 aliphatic carbocycles. The standard InChI is InChI=1S/C16H30N4S/c1-6-14-15(10-17-12(2)3)21-16(18-14)20(5)11-13-8-7-9-19(13)4/h12-13,17H,6-11H2,1-5H3. The van der Waals surface area contributed by atoms with Crippen molar-refractivity contribution in [3.63, 3.8) is 0 Å². The molecule has 1 unspecified atom stereocenters. The summed E-state index contributed by atoms with van der Waals surface area (Å²) < 4.78 is 0. The number of anilines is 1. The Bertz CT molecular complexity index is 443. The lowest BCUT2D eigenvalue weighted by Gasteiger charge is -2.25. The zero-order chi connectivity index (χ0) is 15.4. The van der Waals surface area contributed by atoms with Gasteiger partial charge >= 0.3 is 0 Å². The summed E-state index contributed by atoms with van der Waals surface area (Å²) in [6, 6.07) is 1.20. The molecular weight excluding hydrogens is 280 g/mol. The third kappa shape index (κ3) is 4.41. The van der Waals surface area contributed by atoms with E-state index in [0.717, 1.165) is 19.5 Å². The fourth-order valence-electron chi connectivity index (χ4n) is 2.85. The van der Waals surface area contributed by atoms with Crippen LogP contribution in [0.3, 0.4) is 0 Å². The van der Waals surface area contributed by atoms with Gasteiger partial charge in [-0.3, -0.25) is 0 Å². The van der Waals surface area contributed by atoms with Gasteiger partial charge in [0.2, 0.25) is 0 Å². The third-order valence-corrected chi connectivity index (χ3v) is 5.47. The number of aryl methyl sites for hydroxylation is 1. The number of likely N-dealkylation sites (tertiary alicyclic amines) is 1. The van der Waals surface area contributed by atoms with Gasteiger partial charge in [0.25, 0.3) is 0 Å². The van der Waals surface area contributed by atoms with Crippen LogP contribution in [0.15, 0.2) is 0 Å². The number of nitrogens with zero attached hydrogens (tertiary/aromatic N) is 3. The van der Waals surface area contributed by atoms with Crippen LogP contribution in [0.4, 0.5) is 5.13 Å². The highest BCUT2D eigenvalue weighted by Gasteiger charge is 2.23. The lowest BCUT2D eigenvalue weighted by atomic mass is 10.2. The van der Waals surface area contributed by atoms with Crippen molar-refractivity contribution in [2.24, 2.45) is 0 Å². The normalized spacial score (nSPS) is 19.6. The fraction of sp³-hybridized carbons (Fsp3) is 0.812. The van der Waals surface area contributed by atoms with Gasteiger partial charge in [-0.05, 0) is 32.9 Å². The molecule has 2 heterocycles. The Labute approximate surface area is 133 Å². The van der Waals surface area contributed by atoms with E-state index in [9.17, 15) is 0 Å². The van der Waals surface area contributed by atoms with Gasteiger partial charge in [0, 0.05) is 37.1 Å². The molecule has 1 aromatic rings. The van der Waals surface area contributed by atoms with Crippen molar-refractivity contribution in [1.82, 2.24) is 15.2 Å². The molecule has 0 amide bonds. The predicted octanol–water partition coefficient (Wildman–Crippen LogP) is 2.73. The van der Waals surface area contributed by atoms with E-state index in [1.54, 1.807) is 0 Å². The molecule has 1 aromatic heterocycles. The van der Waals surface area contributed by atoms with Crippen LogP contribution < -0.4 is 10.2 Å². The summed E-state index contributed by atoms with van der Waals surface area (Å²) in [4.78, 5) is 11.1. The largest absolute Gasteiger partial charge is 0.350 e. The smallest absolute Gasteiger partial charge is 0.185 e. The molecule has 120 valence electrons. The summed E-state index contributed by atoms with van der Waals surface area (Å²) in [6.07, 6.45) is 3.66. The quantitative estimate of drug-likeness (QED) is 0.839. The molecule has 1 saturated heterocycles. The second-order valence-corrected chi connectivity index (χ2v) is 7.47. The molecule has 21 heavy (non-hydrogen) atoms. The van der Waals surface area contributed by atoms with Crippen molar-refractivity contribution in [1.29, 1.82) is 0 Å². The Morgan fingerprint density at radius 3 is 2.81 bits per heavy atom. The molecule has 1 aliphatic rings. The van der Waals surface area contributed by atoms with Gasteiger partial charge in [-0.15, -0.1) is 11.3 Å². The van der Waals surface area contributed by atoms with Crippen LogP contribution in [0.2, 0.25) is 0 Å². The van der Waals surface area contributed by atoms with E-state index < -0.39 is 0 Å². The first kappa shape index (κ1) is 16.7. The van der Waals surface area contributed by atoms with Gasteiger partial charge in [-0.2, -0.15) is 0 Å². The van der Waals surface area contributed by atoms with Gasteiger partial charge in [0.05, 0.1) is 5.69 Å². The summed E-state index contributed by atoms with van der Waals surface area (Å²) in [5, 5.41) is 4.69. The van der Waals surface area contributed by atoms with Crippen molar-refractivity contribution in [2.45, 2.75) is 58.7 Å². The Balaban J connectivity index is 2.01. The monoisotopic (exact) mass is 310 g/mol. The van der Waals surface area contributed by atoms with Gasteiger partial charge in [-0.1, -0.05) is 20.8 Å². The number of thiazole rings is 1. The van der Waals surface area contributed by atoms with Crippen molar-refractivity contribution in [3.8, 4) is 0 Å². The molecule has 0 radical (unpaired) electrons. The zero-order valence-electron chi connectivity index (χ0n) is 14.1. The minimum absolute atomic E-state index is 0.519. The Kier molecular flexibility index (Phi) is 6.02. The number of aromatic nitrogens is 1.